The van der Waals surface area contributed by atoms with Crippen molar-refractivity contribution in [3.05, 3.63) is 50.5 Å². The van der Waals surface area contributed by atoms with Gasteiger partial charge in [0.25, 0.3) is 5.91 Å². The van der Waals surface area contributed by atoms with Gasteiger partial charge in [-0.05, 0) is 40.2 Å². The molecule has 104 valence electrons. The van der Waals surface area contributed by atoms with Gasteiger partial charge in [-0.1, -0.05) is 23.2 Å². The number of nitrogens with one attached hydrogen (secondary N) is 2. The van der Waals surface area contributed by atoms with E-state index in [1.54, 1.807) is 31.3 Å². The van der Waals surface area contributed by atoms with Gasteiger partial charge in [-0.15, -0.1) is 0 Å². The molecule has 0 aliphatic heterocycles. The van der Waals surface area contributed by atoms with Gasteiger partial charge in [0.1, 0.15) is 5.82 Å². The van der Waals surface area contributed by atoms with Crippen LogP contribution in [0.5, 0.6) is 0 Å². The third kappa shape index (κ3) is 3.23. The van der Waals surface area contributed by atoms with Crippen LogP contribution in [-0.2, 0) is 0 Å². The molecule has 0 aliphatic carbocycles. The summed E-state index contributed by atoms with van der Waals surface area (Å²) in [4.78, 5) is 16.2. The molecule has 1 amide bonds. The van der Waals surface area contributed by atoms with Gasteiger partial charge in [0.2, 0.25) is 0 Å². The van der Waals surface area contributed by atoms with Crippen LogP contribution in [0.15, 0.2) is 34.9 Å². The molecule has 0 fully saturated rings. The number of hydrogen-bond donors (Lipinski definition) is 2. The lowest BCUT2D eigenvalue weighted by Gasteiger charge is -2.09. The summed E-state index contributed by atoms with van der Waals surface area (Å²) >= 11 is 15.3. The average molecular weight is 375 g/mol. The van der Waals surface area contributed by atoms with Crippen molar-refractivity contribution in [2.24, 2.45) is 0 Å². The number of nitrogens with zero attached hydrogens (tertiary/aromatic N) is 1. The zero-order valence-corrected chi connectivity index (χ0v) is 13.5. The Balaban J connectivity index is 2.21. The molecular weight excluding hydrogens is 365 g/mol. The van der Waals surface area contributed by atoms with E-state index in [-0.39, 0.29) is 10.9 Å². The Bertz CT molecular complexity index is 647. The lowest BCUT2D eigenvalue weighted by Crippen LogP contribution is -2.12. The fraction of sp³-hybridized carbons (Fsp3) is 0.0769. The predicted octanol–water partition coefficient (Wildman–Crippen LogP) is 4.44. The van der Waals surface area contributed by atoms with Crippen LogP contribution in [0.3, 0.4) is 0 Å². The van der Waals surface area contributed by atoms with E-state index in [0.29, 0.717) is 26.6 Å². The largest absolute Gasteiger partial charge is 0.373 e. The van der Waals surface area contributed by atoms with E-state index in [1.807, 2.05) is 0 Å². The maximum absolute atomic E-state index is 12.1. The van der Waals surface area contributed by atoms with Crippen molar-refractivity contribution in [2.75, 3.05) is 17.7 Å². The number of pyridine rings is 1. The van der Waals surface area contributed by atoms with Crippen molar-refractivity contribution in [3.63, 3.8) is 0 Å². The van der Waals surface area contributed by atoms with E-state index in [0.717, 1.165) is 0 Å². The maximum Gasteiger partial charge on any atom is 0.257 e. The summed E-state index contributed by atoms with van der Waals surface area (Å²) in [5.74, 6) is 0.381. The number of anilines is 2. The molecule has 2 aromatic rings. The summed E-state index contributed by atoms with van der Waals surface area (Å²) in [5.41, 5.74) is 0.877. The summed E-state index contributed by atoms with van der Waals surface area (Å²) < 4.78 is 0.669. The Kier molecular flexibility index (Phi) is 4.86. The smallest absolute Gasteiger partial charge is 0.257 e. The molecule has 0 bridgehead atoms. The molecule has 20 heavy (non-hydrogen) atoms. The minimum Gasteiger partial charge on any atom is -0.373 e. The highest BCUT2D eigenvalue weighted by atomic mass is 79.9. The fourth-order valence-corrected chi connectivity index (χ4v) is 2.31. The Labute approximate surface area is 134 Å². The highest BCUT2D eigenvalue weighted by molar-refractivity contribution is 9.10. The lowest BCUT2D eigenvalue weighted by molar-refractivity contribution is 0.102. The fourth-order valence-electron chi connectivity index (χ4n) is 1.49. The molecule has 0 unspecified atom stereocenters. The van der Waals surface area contributed by atoms with E-state index in [2.05, 4.69) is 31.5 Å². The van der Waals surface area contributed by atoms with Crippen LogP contribution >= 0.6 is 39.1 Å². The Morgan fingerprint density at radius 2 is 1.95 bits per heavy atom. The summed E-state index contributed by atoms with van der Waals surface area (Å²) in [5, 5.41) is 6.22. The first kappa shape index (κ1) is 15.1. The van der Waals surface area contributed by atoms with Crippen LogP contribution in [0.1, 0.15) is 10.4 Å². The second kappa shape index (κ2) is 6.43. The van der Waals surface area contributed by atoms with Crippen LogP contribution in [-0.4, -0.2) is 17.9 Å². The van der Waals surface area contributed by atoms with Gasteiger partial charge in [0, 0.05) is 17.7 Å². The van der Waals surface area contributed by atoms with Gasteiger partial charge in [0.15, 0.2) is 0 Å². The van der Waals surface area contributed by atoms with Crippen molar-refractivity contribution in [3.8, 4) is 0 Å². The molecule has 0 aliphatic rings. The summed E-state index contributed by atoms with van der Waals surface area (Å²) in [7, 11) is 1.76. The molecule has 1 aromatic carbocycles. The Hall–Kier alpha value is -1.30. The molecular formula is C13H10BrCl2N3O. The second-order valence-electron chi connectivity index (χ2n) is 3.86. The lowest BCUT2D eigenvalue weighted by atomic mass is 10.2. The zero-order chi connectivity index (χ0) is 14.7. The standard InChI is InChI=1S/C13H10BrCl2N3O/c1-17-10-5-2-7(6-18-10)13(20)19-9-4-3-8(14)11(15)12(9)16/h2-6H,1H3,(H,17,18)(H,19,20). The molecule has 1 heterocycles. The number of carbonyl (C=O) groups is 1. The van der Waals surface area contributed by atoms with Crippen LogP contribution in [0.4, 0.5) is 11.5 Å². The number of carbonyl (C=O) groups excluding carboxylic acids is 1. The topological polar surface area (TPSA) is 54.0 Å². The number of halogens is 3. The van der Waals surface area contributed by atoms with E-state index in [1.165, 1.54) is 6.20 Å². The molecule has 0 spiro atoms. The molecule has 2 N–H and O–H groups in total. The number of aromatic nitrogens is 1. The van der Waals surface area contributed by atoms with Crippen molar-refractivity contribution >= 4 is 56.5 Å². The van der Waals surface area contributed by atoms with Crippen molar-refractivity contribution < 1.29 is 4.79 Å². The third-order valence-corrected chi connectivity index (χ3v) is 4.34. The molecule has 0 radical (unpaired) electrons. The Morgan fingerprint density at radius 3 is 2.55 bits per heavy atom. The van der Waals surface area contributed by atoms with Crippen LogP contribution in [0.2, 0.25) is 10.0 Å². The molecule has 1 aromatic heterocycles. The van der Waals surface area contributed by atoms with Gasteiger partial charge in [0.05, 0.1) is 21.3 Å². The van der Waals surface area contributed by atoms with Gasteiger partial charge >= 0.3 is 0 Å². The second-order valence-corrected chi connectivity index (χ2v) is 5.47. The normalized spacial score (nSPS) is 10.2. The number of rotatable bonds is 3. The highest BCUT2D eigenvalue weighted by Gasteiger charge is 2.12. The first-order valence-electron chi connectivity index (χ1n) is 5.61. The third-order valence-electron chi connectivity index (χ3n) is 2.57. The van der Waals surface area contributed by atoms with Crippen LogP contribution in [0.25, 0.3) is 0 Å². The quantitative estimate of drug-likeness (QED) is 0.780. The predicted molar refractivity (Wildman–Crippen MR) is 85.9 cm³/mol. The molecule has 2 rings (SSSR count). The summed E-state index contributed by atoms with van der Waals surface area (Å²) in [6, 6.07) is 6.77. The monoisotopic (exact) mass is 373 g/mol. The molecule has 0 atom stereocenters. The van der Waals surface area contributed by atoms with E-state index in [4.69, 9.17) is 23.2 Å². The van der Waals surface area contributed by atoms with Crippen molar-refractivity contribution in [1.82, 2.24) is 4.98 Å². The Morgan fingerprint density at radius 1 is 1.20 bits per heavy atom. The first-order valence-corrected chi connectivity index (χ1v) is 7.16. The van der Waals surface area contributed by atoms with Gasteiger partial charge in [-0.25, -0.2) is 4.98 Å². The van der Waals surface area contributed by atoms with Crippen molar-refractivity contribution in [1.29, 1.82) is 0 Å². The molecule has 7 heteroatoms. The van der Waals surface area contributed by atoms with Crippen molar-refractivity contribution in [2.45, 2.75) is 0 Å². The van der Waals surface area contributed by atoms with E-state index < -0.39 is 0 Å². The molecule has 4 nitrogen and oxygen atoms in total. The van der Waals surface area contributed by atoms with Gasteiger partial charge in [-0.2, -0.15) is 0 Å². The van der Waals surface area contributed by atoms with Crippen LogP contribution in [0, 0.1) is 0 Å². The molecule has 0 saturated carbocycles. The van der Waals surface area contributed by atoms with Gasteiger partial charge in [-0.3, -0.25) is 4.79 Å². The summed E-state index contributed by atoms with van der Waals surface area (Å²) in [6.07, 6.45) is 1.48. The minimum absolute atomic E-state index is 0.286. The first-order chi connectivity index (χ1) is 9.52. The molecule has 0 saturated heterocycles. The SMILES string of the molecule is CNc1ccc(C(=O)Nc2ccc(Br)c(Cl)c2Cl)cn1. The highest BCUT2D eigenvalue weighted by Crippen LogP contribution is 2.35. The van der Waals surface area contributed by atoms with Gasteiger partial charge < -0.3 is 10.6 Å². The maximum atomic E-state index is 12.1. The van der Waals surface area contributed by atoms with Crippen LogP contribution < -0.4 is 10.6 Å². The number of benzene rings is 1. The van der Waals surface area contributed by atoms with E-state index in [9.17, 15) is 4.79 Å². The number of amides is 1. The van der Waals surface area contributed by atoms with E-state index >= 15 is 0 Å². The zero-order valence-electron chi connectivity index (χ0n) is 10.4. The number of hydrogen-bond acceptors (Lipinski definition) is 3. The minimum atomic E-state index is -0.305. The summed E-state index contributed by atoms with van der Waals surface area (Å²) in [6.45, 7) is 0. The average Bonchev–Trinajstić information content (AvgIpc) is 2.48.